The van der Waals surface area contributed by atoms with Crippen molar-refractivity contribution in [3.8, 4) is 0 Å². The number of amides is 1. The second-order valence-electron chi connectivity index (χ2n) is 7.96. The molecule has 4 rings (SSSR count). The monoisotopic (exact) mass is 468 g/mol. The van der Waals surface area contributed by atoms with Crippen molar-refractivity contribution in [2.45, 2.75) is 30.7 Å². The van der Waals surface area contributed by atoms with Crippen LogP contribution in [0.3, 0.4) is 0 Å². The minimum Gasteiger partial charge on any atom is -0.341 e. The van der Waals surface area contributed by atoms with Crippen LogP contribution in [-0.2, 0) is 10.0 Å². The van der Waals surface area contributed by atoms with Gasteiger partial charge in [-0.05, 0) is 60.7 Å². The van der Waals surface area contributed by atoms with Crippen molar-refractivity contribution in [1.82, 2.24) is 9.62 Å². The zero-order valence-electron chi connectivity index (χ0n) is 17.8. The molecular weight excluding hydrogens is 444 g/mol. The molecule has 1 aliphatic heterocycles. The second kappa shape index (κ2) is 9.45. The maximum atomic E-state index is 13.3. The lowest BCUT2D eigenvalue weighted by atomic mass is 9.98. The first-order valence-electron chi connectivity index (χ1n) is 10.6. The highest BCUT2D eigenvalue weighted by Crippen LogP contribution is 2.26. The molecule has 0 radical (unpaired) electrons. The van der Waals surface area contributed by atoms with Crippen LogP contribution in [0.2, 0.25) is 5.02 Å². The van der Waals surface area contributed by atoms with Crippen LogP contribution >= 0.6 is 11.6 Å². The van der Waals surface area contributed by atoms with Crippen LogP contribution in [0.15, 0.2) is 77.7 Å². The maximum absolute atomic E-state index is 13.3. The summed E-state index contributed by atoms with van der Waals surface area (Å²) in [5.41, 5.74) is 2.86. The van der Waals surface area contributed by atoms with E-state index in [-0.39, 0.29) is 10.8 Å². The van der Waals surface area contributed by atoms with Crippen LogP contribution in [0.5, 0.6) is 0 Å². The van der Waals surface area contributed by atoms with Crippen LogP contribution in [0, 0.1) is 6.92 Å². The number of benzene rings is 3. The Morgan fingerprint density at radius 1 is 0.938 bits per heavy atom. The van der Waals surface area contributed by atoms with Gasteiger partial charge in [-0.1, -0.05) is 60.1 Å². The van der Waals surface area contributed by atoms with Crippen LogP contribution in [0.4, 0.5) is 0 Å². The number of hydrogen-bond acceptors (Lipinski definition) is 3. The molecule has 0 bridgehead atoms. The molecule has 7 heteroatoms. The molecule has 1 N–H and O–H groups in total. The summed E-state index contributed by atoms with van der Waals surface area (Å²) in [4.78, 5) is 13.5. The lowest BCUT2D eigenvalue weighted by molar-refractivity contribution is 0.0942. The van der Waals surface area contributed by atoms with E-state index in [1.165, 1.54) is 10.4 Å². The Balaban J connectivity index is 1.67. The number of nitrogens with zero attached hydrogens (tertiary/aromatic N) is 1. The Morgan fingerprint density at radius 3 is 2.22 bits per heavy atom. The molecule has 5 nitrogen and oxygen atoms in total. The third kappa shape index (κ3) is 4.72. The summed E-state index contributed by atoms with van der Waals surface area (Å²) in [6.07, 6.45) is 1.72. The smallest absolute Gasteiger partial charge is 0.252 e. The number of carbonyl (C=O) groups excluding carboxylic acids is 1. The lowest BCUT2D eigenvalue weighted by Crippen LogP contribution is -2.31. The number of halogens is 1. The number of hydrogen-bond donors (Lipinski definition) is 1. The summed E-state index contributed by atoms with van der Waals surface area (Å²) >= 11 is 6.05. The zero-order chi connectivity index (χ0) is 22.7. The van der Waals surface area contributed by atoms with E-state index < -0.39 is 16.1 Å². The van der Waals surface area contributed by atoms with Gasteiger partial charge in [0.1, 0.15) is 0 Å². The van der Waals surface area contributed by atoms with Crippen molar-refractivity contribution in [3.63, 3.8) is 0 Å². The van der Waals surface area contributed by atoms with E-state index >= 15 is 0 Å². The lowest BCUT2D eigenvalue weighted by Gasteiger charge is -2.21. The van der Waals surface area contributed by atoms with E-state index in [2.05, 4.69) is 5.32 Å². The molecule has 1 fully saturated rings. The quantitative estimate of drug-likeness (QED) is 0.556. The third-order valence-corrected chi connectivity index (χ3v) is 7.91. The van der Waals surface area contributed by atoms with Crippen LogP contribution < -0.4 is 5.32 Å². The molecule has 0 aromatic heterocycles. The summed E-state index contributed by atoms with van der Waals surface area (Å²) in [5.74, 6) is -0.329. The maximum Gasteiger partial charge on any atom is 0.252 e. The van der Waals surface area contributed by atoms with E-state index in [0.717, 1.165) is 24.0 Å². The molecule has 32 heavy (non-hydrogen) atoms. The normalized spacial score (nSPS) is 15.4. The minimum atomic E-state index is -3.61. The van der Waals surface area contributed by atoms with Gasteiger partial charge < -0.3 is 5.32 Å². The Hall–Kier alpha value is -2.67. The predicted octanol–water partition coefficient (Wildman–Crippen LogP) is 4.95. The molecule has 1 atom stereocenters. The molecule has 1 unspecified atom stereocenters. The van der Waals surface area contributed by atoms with Crippen LogP contribution in [0.1, 0.15) is 45.9 Å². The number of sulfonamides is 1. The second-order valence-corrected chi connectivity index (χ2v) is 10.3. The van der Waals surface area contributed by atoms with Crippen molar-refractivity contribution >= 4 is 27.5 Å². The highest BCUT2D eigenvalue weighted by molar-refractivity contribution is 7.89. The van der Waals surface area contributed by atoms with Crippen molar-refractivity contribution in [2.24, 2.45) is 0 Å². The fourth-order valence-electron chi connectivity index (χ4n) is 3.95. The summed E-state index contributed by atoms with van der Waals surface area (Å²) in [5, 5.41) is 3.70. The predicted molar refractivity (Wildman–Crippen MR) is 126 cm³/mol. The average molecular weight is 469 g/mol. The highest BCUT2D eigenvalue weighted by Gasteiger charge is 2.28. The molecule has 0 spiro atoms. The van der Waals surface area contributed by atoms with Gasteiger partial charge in [0.25, 0.3) is 5.91 Å². The number of carbonyl (C=O) groups is 1. The molecule has 1 aliphatic rings. The molecule has 3 aromatic rings. The molecule has 166 valence electrons. The SMILES string of the molecule is Cc1ccc(S(=O)(=O)N2CCCC2)cc1C(=O)NC(c1ccccc1)c1ccc(Cl)cc1. The van der Waals surface area contributed by atoms with Gasteiger partial charge in [-0.15, -0.1) is 0 Å². The summed E-state index contributed by atoms with van der Waals surface area (Å²) < 4.78 is 27.5. The first kappa shape index (κ1) is 22.5. The van der Waals surface area contributed by atoms with Crippen molar-refractivity contribution in [2.75, 3.05) is 13.1 Å². The van der Waals surface area contributed by atoms with Crippen molar-refractivity contribution in [3.05, 3.63) is 100 Å². The highest BCUT2D eigenvalue weighted by atomic mass is 35.5. The molecule has 3 aromatic carbocycles. The molecule has 0 aliphatic carbocycles. The Bertz CT molecular complexity index is 1210. The van der Waals surface area contributed by atoms with E-state index in [0.29, 0.717) is 29.2 Å². The van der Waals surface area contributed by atoms with Gasteiger partial charge in [0.2, 0.25) is 10.0 Å². The molecule has 1 saturated heterocycles. The molecule has 0 saturated carbocycles. The first-order valence-corrected chi connectivity index (χ1v) is 12.4. The zero-order valence-corrected chi connectivity index (χ0v) is 19.4. The van der Waals surface area contributed by atoms with Gasteiger partial charge in [-0.25, -0.2) is 8.42 Å². The van der Waals surface area contributed by atoms with Gasteiger partial charge in [-0.3, -0.25) is 4.79 Å². The summed E-state index contributed by atoms with van der Waals surface area (Å²) in [7, 11) is -3.61. The summed E-state index contributed by atoms with van der Waals surface area (Å²) in [6.45, 7) is 2.84. The van der Waals surface area contributed by atoms with Crippen LogP contribution in [-0.4, -0.2) is 31.7 Å². The average Bonchev–Trinajstić information content (AvgIpc) is 3.35. The Morgan fingerprint density at radius 2 is 1.56 bits per heavy atom. The van der Waals surface area contributed by atoms with Gasteiger partial charge in [0.15, 0.2) is 0 Å². The largest absolute Gasteiger partial charge is 0.341 e. The molecule has 1 heterocycles. The molecule has 1 amide bonds. The van der Waals surface area contributed by atoms with E-state index in [1.807, 2.05) is 42.5 Å². The number of rotatable bonds is 6. The number of aryl methyl sites for hydroxylation is 1. The van der Waals surface area contributed by atoms with Gasteiger partial charge in [0, 0.05) is 23.7 Å². The third-order valence-electron chi connectivity index (χ3n) is 5.77. The minimum absolute atomic E-state index is 0.151. The Kier molecular flexibility index (Phi) is 6.65. The standard InChI is InChI=1S/C25H25ClN2O3S/c1-18-9-14-22(32(30,31)28-15-5-6-16-28)17-23(18)25(29)27-24(19-7-3-2-4-8-19)20-10-12-21(26)13-11-20/h2-4,7-14,17,24H,5-6,15-16H2,1H3,(H,27,29). The molecular formula is C25H25ClN2O3S. The van der Waals surface area contributed by atoms with Gasteiger partial charge >= 0.3 is 0 Å². The number of nitrogens with one attached hydrogen (secondary N) is 1. The van der Waals surface area contributed by atoms with Crippen LogP contribution in [0.25, 0.3) is 0 Å². The van der Waals surface area contributed by atoms with E-state index in [4.69, 9.17) is 11.6 Å². The fraction of sp³-hybridized carbons (Fsp3) is 0.240. The fourth-order valence-corrected chi connectivity index (χ4v) is 5.62. The van der Waals surface area contributed by atoms with Gasteiger partial charge in [-0.2, -0.15) is 4.31 Å². The van der Waals surface area contributed by atoms with E-state index in [9.17, 15) is 13.2 Å². The Labute approximate surface area is 194 Å². The van der Waals surface area contributed by atoms with Crippen molar-refractivity contribution in [1.29, 1.82) is 0 Å². The topological polar surface area (TPSA) is 66.5 Å². The first-order chi connectivity index (χ1) is 15.4. The van der Waals surface area contributed by atoms with Gasteiger partial charge in [0.05, 0.1) is 10.9 Å². The van der Waals surface area contributed by atoms with E-state index in [1.54, 1.807) is 31.2 Å². The summed E-state index contributed by atoms with van der Waals surface area (Å²) in [6, 6.07) is 21.3. The van der Waals surface area contributed by atoms with Crippen molar-refractivity contribution < 1.29 is 13.2 Å².